The molecule has 0 spiro atoms. The van der Waals surface area contributed by atoms with Gasteiger partial charge in [0.1, 0.15) is 0 Å². The fourth-order valence-electron chi connectivity index (χ4n) is 0.710. The molecule has 0 aliphatic carbocycles. The van der Waals surface area contributed by atoms with E-state index in [4.69, 9.17) is 0 Å². The SMILES string of the molecule is [O-]B1OB2OB([O-])OB(O1)O2.[Sr+2]. The molecule has 0 amide bonds. The van der Waals surface area contributed by atoms with E-state index >= 15 is 0 Å². The molecule has 12 heteroatoms. The van der Waals surface area contributed by atoms with E-state index in [2.05, 4.69) is 22.9 Å². The minimum absolute atomic E-state index is 0. The first-order valence-corrected chi connectivity index (χ1v) is 2.83. The first-order valence-electron chi connectivity index (χ1n) is 2.83. The van der Waals surface area contributed by atoms with Crippen molar-refractivity contribution in [2.24, 2.45) is 0 Å². The van der Waals surface area contributed by atoms with Crippen LogP contribution in [0.3, 0.4) is 0 Å². The average molecular weight is 243 g/mol. The Hall–Kier alpha value is 1.46. The predicted octanol–water partition coefficient (Wildman–Crippen LogP) is -4.62. The van der Waals surface area contributed by atoms with Crippen molar-refractivity contribution in [3.05, 3.63) is 0 Å². The van der Waals surface area contributed by atoms with E-state index in [1.807, 2.05) is 0 Å². The third kappa shape index (κ3) is 2.72. The van der Waals surface area contributed by atoms with E-state index in [0.717, 1.165) is 0 Å². The van der Waals surface area contributed by atoms with Crippen LogP contribution in [0.4, 0.5) is 0 Å². The van der Waals surface area contributed by atoms with E-state index in [1.165, 1.54) is 0 Å². The summed E-state index contributed by atoms with van der Waals surface area (Å²) in [5.41, 5.74) is 0. The van der Waals surface area contributed by atoms with Gasteiger partial charge in [-0.05, 0) is 0 Å². The Morgan fingerprint density at radius 3 is 1.33 bits per heavy atom. The maximum absolute atomic E-state index is 10.5. The van der Waals surface area contributed by atoms with Gasteiger partial charge in [0.15, 0.2) is 0 Å². The summed E-state index contributed by atoms with van der Waals surface area (Å²) < 4.78 is 21.9. The van der Waals surface area contributed by atoms with Crippen molar-refractivity contribution in [1.29, 1.82) is 0 Å². The van der Waals surface area contributed by atoms with Gasteiger partial charge in [-0.1, -0.05) is 0 Å². The molecule has 2 rings (SSSR count). The van der Waals surface area contributed by atoms with Gasteiger partial charge in [0, 0.05) is 0 Å². The Morgan fingerprint density at radius 1 is 0.667 bits per heavy atom. The normalized spacial score (nSPS) is 22.5. The van der Waals surface area contributed by atoms with Gasteiger partial charge in [-0.25, -0.2) is 0 Å². The number of hydrogen-bond acceptors (Lipinski definition) is 7. The van der Waals surface area contributed by atoms with Gasteiger partial charge in [0.2, 0.25) is 0 Å². The monoisotopic (exact) mass is 244 g/mol. The molecule has 0 aromatic rings. The van der Waals surface area contributed by atoms with Crippen LogP contribution in [0.15, 0.2) is 0 Å². The second-order valence-electron chi connectivity index (χ2n) is 1.84. The molecule has 2 fully saturated rings. The van der Waals surface area contributed by atoms with Crippen LogP contribution < -0.4 is 10.0 Å². The summed E-state index contributed by atoms with van der Waals surface area (Å²) in [6.07, 6.45) is 0. The molecule has 0 saturated carbocycles. The molecule has 2 bridgehead atoms. The van der Waals surface area contributed by atoms with E-state index in [-0.39, 0.29) is 45.5 Å². The quantitative estimate of drug-likeness (QED) is 0.395. The third-order valence-electron chi connectivity index (χ3n) is 1.11. The van der Waals surface area contributed by atoms with Gasteiger partial charge in [-0.2, -0.15) is 0 Å². The van der Waals surface area contributed by atoms with Crippen LogP contribution in [0.2, 0.25) is 0 Å². The topological polar surface area (TPSA) is 92.3 Å². The second kappa shape index (κ2) is 4.80. The molecule has 12 heavy (non-hydrogen) atoms. The van der Waals surface area contributed by atoms with Crippen LogP contribution in [-0.2, 0) is 22.9 Å². The van der Waals surface area contributed by atoms with Gasteiger partial charge >= 0.3 is 74.8 Å². The van der Waals surface area contributed by atoms with Gasteiger partial charge in [-0.15, -0.1) is 0 Å². The van der Waals surface area contributed by atoms with Crippen molar-refractivity contribution < 1.29 is 32.9 Å². The largest absolute Gasteiger partial charge is 2.00 e. The third-order valence-corrected chi connectivity index (χ3v) is 1.11. The molecule has 0 aromatic carbocycles. The van der Waals surface area contributed by atoms with Crippen LogP contribution in [-0.4, -0.2) is 74.8 Å². The Kier molecular flexibility index (Phi) is 4.62. The van der Waals surface area contributed by atoms with E-state index in [9.17, 15) is 10.0 Å². The van der Waals surface area contributed by atoms with Crippen LogP contribution in [0.25, 0.3) is 0 Å². The average Bonchev–Trinajstić information content (AvgIpc) is 1.82. The van der Waals surface area contributed by atoms with E-state index < -0.39 is 29.3 Å². The molecule has 0 atom stereocenters. The minimum Gasteiger partial charge on any atom is -0.833 e. The van der Waals surface area contributed by atoms with E-state index in [1.54, 1.807) is 0 Å². The van der Waals surface area contributed by atoms with Crippen molar-refractivity contribution in [3.63, 3.8) is 0 Å². The van der Waals surface area contributed by atoms with Crippen molar-refractivity contribution in [3.8, 4) is 0 Å². The zero-order valence-electron chi connectivity index (χ0n) is 5.87. The molecule has 2 saturated heterocycles. The van der Waals surface area contributed by atoms with Crippen LogP contribution >= 0.6 is 0 Å². The summed E-state index contributed by atoms with van der Waals surface area (Å²) in [5.74, 6) is 0. The van der Waals surface area contributed by atoms with Crippen molar-refractivity contribution in [2.45, 2.75) is 0 Å². The van der Waals surface area contributed by atoms with Gasteiger partial charge in [0.05, 0.1) is 0 Å². The molecule has 7 nitrogen and oxygen atoms in total. The number of rotatable bonds is 0. The molecule has 0 aromatic heterocycles. The first kappa shape index (κ1) is 11.5. The summed E-state index contributed by atoms with van der Waals surface area (Å²) in [5, 5.41) is 21.0. The summed E-state index contributed by atoms with van der Waals surface area (Å²) in [7, 11) is -6.00. The van der Waals surface area contributed by atoms with Gasteiger partial charge < -0.3 is 32.9 Å². The van der Waals surface area contributed by atoms with Crippen molar-refractivity contribution >= 4 is 74.8 Å². The zero-order chi connectivity index (χ0) is 7.84. The van der Waals surface area contributed by atoms with Crippen LogP contribution in [0.1, 0.15) is 0 Å². The fourth-order valence-corrected chi connectivity index (χ4v) is 0.710. The van der Waals surface area contributed by atoms with Gasteiger partial charge in [-0.3, -0.25) is 0 Å². The maximum Gasteiger partial charge on any atom is 2.00 e. The molecule has 2 aliphatic heterocycles. The molecule has 56 valence electrons. The number of fused-ring (bicyclic) bond motifs is 2. The summed E-state index contributed by atoms with van der Waals surface area (Å²) in [4.78, 5) is 0. The van der Waals surface area contributed by atoms with Crippen LogP contribution in [0, 0.1) is 0 Å². The second-order valence-corrected chi connectivity index (χ2v) is 1.84. The zero-order valence-corrected chi connectivity index (χ0v) is 9.35. The molecular weight excluding hydrogens is 243 g/mol. The smallest absolute Gasteiger partial charge is 0.833 e. The molecule has 0 N–H and O–H groups in total. The standard InChI is InChI=1S/B4O7.Sr/c5-1-7-3-9-2(6)10-4(8-1)11-3;/q-2;+2. The minimum atomic E-state index is -1.73. The Labute approximate surface area is 107 Å². The summed E-state index contributed by atoms with van der Waals surface area (Å²) in [6.45, 7) is 0. The molecule has 2 aliphatic rings. The Bertz CT molecular complexity index is 121. The molecule has 0 unspecified atom stereocenters. The fraction of sp³-hybridized carbons (Fsp3) is 0. The Morgan fingerprint density at radius 2 is 1.00 bits per heavy atom. The Balaban J connectivity index is 0.000000720. The summed E-state index contributed by atoms with van der Waals surface area (Å²) >= 11 is 0. The van der Waals surface area contributed by atoms with E-state index in [0.29, 0.717) is 0 Å². The van der Waals surface area contributed by atoms with Crippen LogP contribution in [0.5, 0.6) is 0 Å². The van der Waals surface area contributed by atoms with Gasteiger partial charge in [0.25, 0.3) is 0 Å². The first-order chi connectivity index (χ1) is 5.24. The number of hydrogen-bond donors (Lipinski definition) is 0. The van der Waals surface area contributed by atoms with Crippen molar-refractivity contribution in [1.82, 2.24) is 0 Å². The van der Waals surface area contributed by atoms with Crippen molar-refractivity contribution in [2.75, 3.05) is 0 Å². The molecular formula is B4O7Sr. The maximum atomic E-state index is 10.5. The molecule has 2 heterocycles. The summed E-state index contributed by atoms with van der Waals surface area (Å²) in [6, 6.07) is 0. The molecule has 0 radical (unpaired) electrons. The predicted molar refractivity (Wildman–Crippen MR) is 34.2 cm³/mol.